The number of carbonyl (C=O) groups is 1. The standard InChI is InChI=1S/C14H16F3N3O/c1-8(2)19-13(21)9(3)20-11-5-4-10(7-18)12(6-11)14(15,16)17/h4-6,8-9,20H,1-3H3,(H,19,21). The molecule has 1 unspecified atom stereocenters. The van der Waals surface area contributed by atoms with Crippen LogP contribution in [-0.4, -0.2) is 18.0 Å². The van der Waals surface area contributed by atoms with E-state index in [-0.39, 0.29) is 17.6 Å². The molecule has 1 aromatic rings. The first-order chi connectivity index (χ1) is 9.65. The minimum absolute atomic E-state index is 0.0616. The molecule has 1 aromatic carbocycles. The summed E-state index contributed by atoms with van der Waals surface area (Å²) in [6.45, 7) is 5.12. The van der Waals surface area contributed by atoms with Crippen LogP contribution in [0.15, 0.2) is 18.2 Å². The lowest BCUT2D eigenvalue weighted by molar-refractivity contribution is -0.137. The third-order valence-corrected chi connectivity index (χ3v) is 2.65. The Kier molecular flexibility index (Phi) is 5.19. The number of carbonyl (C=O) groups excluding carboxylic acids is 1. The number of nitriles is 1. The lowest BCUT2D eigenvalue weighted by Gasteiger charge is -2.18. The molecule has 2 N–H and O–H groups in total. The number of rotatable bonds is 4. The number of nitrogens with one attached hydrogen (secondary N) is 2. The molecule has 1 amide bonds. The molecule has 1 rings (SSSR count). The maximum atomic E-state index is 12.8. The van der Waals surface area contributed by atoms with E-state index < -0.39 is 23.3 Å². The van der Waals surface area contributed by atoms with Crippen LogP contribution in [-0.2, 0) is 11.0 Å². The molecule has 114 valence electrons. The SMILES string of the molecule is CC(C)NC(=O)C(C)Nc1ccc(C#N)c(C(F)(F)F)c1. The number of benzene rings is 1. The fourth-order valence-electron chi connectivity index (χ4n) is 1.69. The van der Waals surface area contributed by atoms with E-state index in [1.54, 1.807) is 20.8 Å². The van der Waals surface area contributed by atoms with Crippen molar-refractivity contribution in [1.29, 1.82) is 5.26 Å². The highest BCUT2D eigenvalue weighted by molar-refractivity contribution is 5.84. The number of anilines is 1. The summed E-state index contributed by atoms with van der Waals surface area (Å²) in [5.41, 5.74) is -1.34. The Bertz CT molecular complexity index is 562. The summed E-state index contributed by atoms with van der Waals surface area (Å²) in [6, 6.07) is 4.00. The molecule has 0 bridgehead atoms. The van der Waals surface area contributed by atoms with Crippen LogP contribution in [0, 0.1) is 11.3 Å². The topological polar surface area (TPSA) is 64.9 Å². The van der Waals surface area contributed by atoms with Crippen molar-refractivity contribution in [3.05, 3.63) is 29.3 Å². The molecule has 0 saturated heterocycles. The molecule has 4 nitrogen and oxygen atoms in total. The normalized spacial score (nSPS) is 12.7. The van der Waals surface area contributed by atoms with Crippen molar-refractivity contribution in [1.82, 2.24) is 5.32 Å². The van der Waals surface area contributed by atoms with Gasteiger partial charge in [0.1, 0.15) is 6.04 Å². The lowest BCUT2D eigenvalue weighted by Crippen LogP contribution is -2.41. The average molecular weight is 299 g/mol. The van der Waals surface area contributed by atoms with Gasteiger partial charge in [0, 0.05) is 11.7 Å². The summed E-state index contributed by atoms with van der Waals surface area (Å²) in [5, 5.41) is 14.1. The minimum Gasteiger partial charge on any atom is -0.374 e. The number of halogens is 3. The third kappa shape index (κ3) is 4.67. The maximum absolute atomic E-state index is 12.8. The first-order valence-electron chi connectivity index (χ1n) is 6.33. The first-order valence-corrected chi connectivity index (χ1v) is 6.33. The number of hydrogen-bond acceptors (Lipinski definition) is 3. The summed E-state index contributed by atoms with van der Waals surface area (Å²) in [7, 11) is 0. The van der Waals surface area contributed by atoms with Crippen LogP contribution in [0.3, 0.4) is 0 Å². The number of amides is 1. The molecule has 0 aromatic heterocycles. The molecular weight excluding hydrogens is 283 g/mol. The summed E-state index contributed by atoms with van der Waals surface area (Å²) in [4.78, 5) is 11.7. The number of nitrogens with zero attached hydrogens (tertiary/aromatic N) is 1. The minimum atomic E-state index is -4.62. The third-order valence-electron chi connectivity index (χ3n) is 2.65. The second-order valence-corrected chi connectivity index (χ2v) is 4.90. The van der Waals surface area contributed by atoms with E-state index in [2.05, 4.69) is 10.6 Å². The summed E-state index contributed by atoms with van der Waals surface area (Å²) in [6.07, 6.45) is -4.62. The highest BCUT2D eigenvalue weighted by Gasteiger charge is 2.34. The van der Waals surface area contributed by atoms with Gasteiger partial charge in [-0.15, -0.1) is 0 Å². The molecule has 0 fully saturated rings. The Morgan fingerprint density at radius 2 is 1.90 bits per heavy atom. The second kappa shape index (κ2) is 6.48. The molecule has 0 heterocycles. The van der Waals surface area contributed by atoms with Gasteiger partial charge >= 0.3 is 6.18 Å². The van der Waals surface area contributed by atoms with Crippen molar-refractivity contribution in [2.45, 2.75) is 39.0 Å². The van der Waals surface area contributed by atoms with E-state index in [1.165, 1.54) is 12.1 Å². The summed E-state index contributed by atoms with van der Waals surface area (Å²) >= 11 is 0. The molecule has 0 aliphatic rings. The molecule has 0 aliphatic carbocycles. The summed E-state index contributed by atoms with van der Waals surface area (Å²) in [5.74, 6) is -0.317. The van der Waals surface area contributed by atoms with Gasteiger partial charge < -0.3 is 10.6 Å². The van der Waals surface area contributed by atoms with Crippen LogP contribution >= 0.6 is 0 Å². The van der Waals surface area contributed by atoms with Gasteiger partial charge in [0.2, 0.25) is 5.91 Å². The fraction of sp³-hybridized carbons (Fsp3) is 0.429. The van der Waals surface area contributed by atoms with Gasteiger partial charge in [0.05, 0.1) is 17.2 Å². The van der Waals surface area contributed by atoms with E-state index in [0.29, 0.717) is 0 Å². The Morgan fingerprint density at radius 1 is 1.29 bits per heavy atom. The molecule has 0 spiro atoms. The molecule has 7 heteroatoms. The van der Waals surface area contributed by atoms with E-state index >= 15 is 0 Å². The molecule has 1 atom stereocenters. The molecule has 0 aliphatic heterocycles. The van der Waals surface area contributed by atoms with E-state index in [4.69, 9.17) is 5.26 Å². The molecule has 21 heavy (non-hydrogen) atoms. The summed E-state index contributed by atoms with van der Waals surface area (Å²) < 4.78 is 38.5. The largest absolute Gasteiger partial charge is 0.417 e. The van der Waals surface area contributed by atoms with Crippen molar-refractivity contribution in [3.8, 4) is 6.07 Å². The van der Waals surface area contributed by atoms with Gasteiger partial charge in [-0.2, -0.15) is 18.4 Å². The van der Waals surface area contributed by atoms with Gasteiger partial charge in [-0.05, 0) is 39.0 Å². The van der Waals surface area contributed by atoms with Crippen LogP contribution in [0.4, 0.5) is 18.9 Å². The Morgan fingerprint density at radius 3 is 2.38 bits per heavy atom. The van der Waals surface area contributed by atoms with Gasteiger partial charge in [-0.3, -0.25) is 4.79 Å². The van der Waals surface area contributed by atoms with Crippen LogP contribution in [0.25, 0.3) is 0 Å². The molecule has 0 radical (unpaired) electrons. The molecule has 0 saturated carbocycles. The number of alkyl halides is 3. The highest BCUT2D eigenvalue weighted by atomic mass is 19.4. The van der Waals surface area contributed by atoms with Crippen LogP contribution < -0.4 is 10.6 Å². The highest BCUT2D eigenvalue weighted by Crippen LogP contribution is 2.33. The van der Waals surface area contributed by atoms with Gasteiger partial charge in [0.15, 0.2) is 0 Å². The van der Waals surface area contributed by atoms with Crippen LogP contribution in [0.5, 0.6) is 0 Å². The monoisotopic (exact) mass is 299 g/mol. The van der Waals surface area contributed by atoms with Crippen molar-refractivity contribution in [2.75, 3.05) is 5.32 Å². The van der Waals surface area contributed by atoms with Crippen molar-refractivity contribution >= 4 is 11.6 Å². The van der Waals surface area contributed by atoms with Crippen LogP contribution in [0.1, 0.15) is 31.9 Å². The Hall–Kier alpha value is -2.23. The lowest BCUT2D eigenvalue weighted by atomic mass is 10.1. The predicted octanol–water partition coefficient (Wildman–Crippen LogP) is 2.90. The zero-order chi connectivity index (χ0) is 16.2. The van der Waals surface area contributed by atoms with Crippen LogP contribution in [0.2, 0.25) is 0 Å². The van der Waals surface area contributed by atoms with Gasteiger partial charge in [-0.25, -0.2) is 0 Å². The van der Waals surface area contributed by atoms with E-state index in [0.717, 1.165) is 12.1 Å². The van der Waals surface area contributed by atoms with Crippen molar-refractivity contribution < 1.29 is 18.0 Å². The zero-order valence-electron chi connectivity index (χ0n) is 11.9. The second-order valence-electron chi connectivity index (χ2n) is 4.90. The van der Waals surface area contributed by atoms with Crippen molar-refractivity contribution in [3.63, 3.8) is 0 Å². The van der Waals surface area contributed by atoms with E-state index in [9.17, 15) is 18.0 Å². The predicted molar refractivity (Wildman–Crippen MR) is 72.5 cm³/mol. The first kappa shape index (κ1) is 16.8. The maximum Gasteiger partial charge on any atom is 0.417 e. The van der Waals surface area contributed by atoms with Gasteiger partial charge in [0.25, 0.3) is 0 Å². The van der Waals surface area contributed by atoms with Crippen molar-refractivity contribution in [2.24, 2.45) is 0 Å². The van der Waals surface area contributed by atoms with Gasteiger partial charge in [-0.1, -0.05) is 0 Å². The fourth-order valence-corrected chi connectivity index (χ4v) is 1.69. The smallest absolute Gasteiger partial charge is 0.374 e. The van der Waals surface area contributed by atoms with E-state index in [1.807, 2.05) is 0 Å². The Balaban J connectivity index is 2.96. The molecular formula is C14H16F3N3O. The number of hydrogen-bond donors (Lipinski definition) is 2. The Labute approximate surface area is 121 Å². The zero-order valence-corrected chi connectivity index (χ0v) is 11.9. The quantitative estimate of drug-likeness (QED) is 0.898. The average Bonchev–Trinajstić information content (AvgIpc) is 2.36.